The number of aromatic nitrogens is 2. The van der Waals surface area contributed by atoms with Gasteiger partial charge in [-0.3, -0.25) is 4.90 Å². The van der Waals surface area contributed by atoms with Crippen LogP contribution in [0, 0.1) is 0 Å². The van der Waals surface area contributed by atoms with Crippen molar-refractivity contribution in [2.75, 3.05) is 6.54 Å². The average molecular weight is 343 g/mol. The molecule has 0 unspecified atom stereocenters. The number of carbonyl (C=O) groups is 1. The average Bonchev–Trinajstić information content (AvgIpc) is 2.94. The van der Waals surface area contributed by atoms with Gasteiger partial charge in [0.05, 0.1) is 5.69 Å². The van der Waals surface area contributed by atoms with Crippen molar-refractivity contribution in [1.82, 2.24) is 14.9 Å². The minimum absolute atomic E-state index is 0.274. The lowest BCUT2D eigenvalue weighted by atomic mass is 10.1. The van der Waals surface area contributed by atoms with Crippen LogP contribution in [0.1, 0.15) is 31.6 Å². The molecule has 0 saturated carbocycles. The van der Waals surface area contributed by atoms with E-state index in [9.17, 15) is 18.0 Å². The lowest BCUT2D eigenvalue weighted by Gasteiger charge is -2.27. The summed E-state index contributed by atoms with van der Waals surface area (Å²) in [4.78, 5) is 21.1. The predicted molar refractivity (Wildman–Crippen MR) is 76.1 cm³/mol. The molecule has 1 N–H and O–H groups in total. The van der Waals surface area contributed by atoms with Crippen molar-refractivity contribution in [3.8, 4) is 0 Å². The van der Waals surface area contributed by atoms with Crippen molar-refractivity contribution in [3.05, 3.63) is 45.2 Å². The van der Waals surface area contributed by atoms with Gasteiger partial charge in [-0.25, -0.2) is 14.8 Å². The molecular formula is C14H12F3N3O2S. The molecule has 0 amide bonds. The zero-order chi connectivity index (χ0) is 16.6. The van der Waals surface area contributed by atoms with Crippen molar-refractivity contribution < 1.29 is 23.1 Å². The summed E-state index contributed by atoms with van der Waals surface area (Å²) in [5.41, 5.74) is 1.11. The van der Waals surface area contributed by atoms with Gasteiger partial charge in [-0.1, -0.05) is 0 Å². The van der Waals surface area contributed by atoms with Crippen LogP contribution in [0.2, 0.25) is 0 Å². The van der Waals surface area contributed by atoms with Crippen LogP contribution < -0.4 is 0 Å². The van der Waals surface area contributed by atoms with E-state index in [1.54, 1.807) is 12.1 Å². The fourth-order valence-electron chi connectivity index (χ4n) is 2.44. The number of aromatic carboxylic acids is 1. The van der Waals surface area contributed by atoms with Crippen LogP contribution in [-0.4, -0.2) is 32.5 Å². The Labute approximate surface area is 133 Å². The van der Waals surface area contributed by atoms with Gasteiger partial charge in [-0.2, -0.15) is 13.2 Å². The molecule has 5 nitrogen and oxygen atoms in total. The third-order valence-corrected chi connectivity index (χ3v) is 4.58. The Morgan fingerprint density at radius 3 is 2.83 bits per heavy atom. The highest BCUT2D eigenvalue weighted by Gasteiger charge is 2.35. The van der Waals surface area contributed by atoms with Gasteiger partial charge in [0.25, 0.3) is 0 Å². The number of carboxylic acids is 1. The highest BCUT2D eigenvalue weighted by atomic mass is 32.1. The molecule has 0 saturated heterocycles. The molecule has 122 valence electrons. The number of hydrogen-bond acceptors (Lipinski definition) is 5. The van der Waals surface area contributed by atoms with Crippen molar-refractivity contribution in [2.45, 2.75) is 25.7 Å². The van der Waals surface area contributed by atoms with Crippen LogP contribution in [0.4, 0.5) is 13.2 Å². The van der Waals surface area contributed by atoms with Crippen LogP contribution in [0.15, 0.2) is 18.3 Å². The van der Waals surface area contributed by atoms with E-state index in [2.05, 4.69) is 9.97 Å². The minimum Gasteiger partial charge on any atom is -0.477 e. The summed E-state index contributed by atoms with van der Waals surface area (Å²) in [6.45, 7) is 1.58. The molecule has 0 atom stereocenters. The summed E-state index contributed by atoms with van der Waals surface area (Å²) < 4.78 is 37.8. The summed E-state index contributed by atoms with van der Waals surface area (Å²) in [7, 11) is 0. The Balaban J connectivity index is 1.71. The number of thiophene rings is 1. The van der Waals surface area contributed by atoms with Gasteiger partial charge in [0.1, 0.15) is 4.88 Å². The largest absolute Gasteiger partial charge is 0.477 e. The maximum absolute atomic E-state index is 12.6. The van der Waals surface area contributed by atoms with E-state index in [0.717, 1.165) is 4.88 Å². The second kappa shape index (κ2) is 5.89. The van der Waals surface area contributed by atoms with E-state index in [0.29, 0.717) is 37.3 Å². The zero-order valence-electron chi connectivity index (χ0n) is 11.8. The molecule has 3 rings (SSSR count). The molecule has 0 bridgehead atoms. The summed E-state index contributed by atoms with van der Waals surface area (Å²) in [6, 6.07) is 3.31. The number of fused-ring (bicyclic) bond motifs is 1. The van der Waals surface area contributed by atoms with Gasteiger partial charge >= 0.3 is 12.1 Å². The van der Waals surface area contributed by atoms with Gasteiger partial charge in [0, 0.05) is 42.7 Å². The van der Waals surface area contributed by atoms with Crippen LogP contribution in [-0.2, 0) is 25.7 Å². The molecule has 2 aromatic heterocycles. The smallest absolute Gasteiger partial charge is 0.451 e. The standard InChI is InChI=1S/C14H12F3N3O2S/c15-14(16,17)13-18-5-8-6-20(4-3-10(8)19-13)7-9-1-2-11(23-9)12(21)22/h1-2,5H,3-4,6-7H2,(H,21,22). The topological polar surface area (TPSA) is 66.3 Å². The second-order valence-electron chi connectivity index (χ2n) is 5.20. The molecule has 0 fully saturated rings. The van der Waals surface area contributed by atoms with E-state index in [4.69, 9.17) is 5.11 Å². The molecule has 0 aliphatic carbocycles. The molecule has 0 radical (unpaired) electrons. The monoisotopic (exact) mass is 343 g/mol. The molecule has 0 spiro atoms. The Kier molecular flexibility index (Phi) is 4.07. The number of nitrogens with zero attached hydrogens (tertiary/aromatic N) is 3. The number of hydrogen-bond donors (Lipinski definition) is 1. The zero-order valence-corrected chi connectivity index (χ0v) is 12.6. The van der Waals surface area contributed by atoms with Crippen molar-refractivity contribution in [1.29, 1.82) is 0 Å². The minimum atomic E-state index is -4.53. The lowest BCUT2D eigenvalue weighted by Crippen LogP contribution is -2.31. The summed E-state index contributed by atoms with van der Waals surface area (Å²) in [5.74, 6) is -2.06. The van der Waals surface area contributed by atoms with E-state index in [1.165, 1.54) is 17.5 Å². The predicted octanol–water partition coefficient (Wildman–Crippen LogP) is 2.81. The molecule has 3 heterocycles. The Morgan fingerprint density at radius 2 is 2.17 bits per heavy atom. The maximum atomic E-state index is 12.6. The third kappa shape index (κ3) is 3.50. The van der Waals surface area contributed by atoms with Gasteiger partial charge in [-0.15, -0.1) is 11.3 Å². The number of carboxylic acid groups (broad SMARTS) is 1. The van der Waals surface area contributed by atoms with Gasteiger partial charge in [-0.05, 0) is 12.1 Å². The molecule has 9 heteroatoms. The highest BCUT2D eigenvalue weighted by molar-refractivity contribution is 7.13. The summed E-state index contributed by atoms with van der Waals surface area (Å²) >= 11 is 1.20. The Hall–Kier alpha value is -2.00. The Bertz CT molecular complexity index is 745. The molecule has 0 aromatic carbocycles. The number of halogens is 3. The first kappa shape index (κ1) is 15.9. The van der Waals surface area contributed by atoms with Crippen molar-refractivity contribution >= 4 is 17.3 Å². The SMILES string of the molecule is O=C(O)c1ccc(CN2CCc3nc(C(F)(F)F)ncc3C2)s1. The molecular weight excluding hydrogens is 331 g/mol. The number of rotatable bonds is 3. The van der Waals surface area contributed by atoms with E-state index < -0.39 is 18.0 Å². The van der Waals surface area contributed by atoms with Crippen molar-refractivity contribution in [2.24, 2.45) is 0 Å². The number of alkyl halides is 3. The third-order valence-electron chi connectivity index (χ3n) is 3.52. The van der Waals surface area contributed by atoms with E-state index in [1.807, 2.05) is 4.90 Å². The van der Waals surface area contributed by atoms with E-state index in [-0.39, 0.29) is 4.88 Å². The summed E-state index contributed by atoms with van der Waals surface area (Å²) in [6.07, 6.45) is -2.89. The molecule has 1 aliphatic heterocycles. The van der Waals surface area contributed by atoms with E-state index >= 15 is 0 Å². The van der Waals surface area contributed by atoms with Crippen LogP contribution in [0.25, 0.3) is 0 Å². The van der Waals surface area contributed by atoms with Crippen LogP contribution >= 0.6 is 11.3 Å². The molecule has 2 aromatic rings. The maximum Gasteiger partial charge on any atom is 0.451 e. The quantitative estimate of drug-likeness (QED) is 0.928. The first-order chi connectivity index (χ1) is 10.8. The highest BCUT2D eigenvalue weighted by Crippen LogP contribution is 2.28. The molecule has 1 aliphatic rings. The first-order valence-electron chi connectivity index (χ1n) is 6.79. The van der Waals surface area contributed by atoms with Gasteiger partial charge in [0.15, 0.2) is 0 Å². The normalized spacial score (nSPS) is 15.4. The fourth-order valence-corrected chi connectivity index (χ4v) is 3.33. The second-order valence-corrected chi connectivity index (χ2v) is 6.36. The lowest BCUT2D eigenvalue weighted by molar-refractivity contribution is -0.145. The Morgan fingerprint density at radius 1 is 1.39 bits per heavy atom. The van der Waals surface area contributed by atoms with Crippen LogP contribution in [0.5, 0.6) is 0 Å². The fraction of sp³-hybridized carbons (Fsp3) is 0.357. The summed E-state index contributed by atoms with van der Waals surface area (Å²) in [5, 5.41) is 8.91. The van der Waals surface area contributed by atoms with Gasteiger partial charge < -0.3 is 5.11 Å². The van der Waals surface area contributed by atoms with Crippen molar-refractivity contribution in [3.63, 3.8) is 0 Å². The van der Waals surface area contributed by atoms with Crippen LogP contribution in [0.3, 0.4) is 0 Å². The van der Waals surface area contributed by atoms with Gasteiger partial charge in [0.2, 0.25) is 5.82 Å². The molecule has 23 heavy (non-hydrogen) atoms. The first-order valence-corrected chi connectivity index (χ1v) is 7.61.